The summed E-state index contributed by atoms with van der Waals surface area (Å²) in [4.78, 5) is 10.6. The summed E-state index contributed by atoms with van der Waals surface area (Å²) in [6.07, 6.45) is 0. The molecule has 2 nitrogen and oxygen atoms in total. The van der Waals surface area contributed by atoms with Gasteiger partial charge in [0.1, 0.15) is 0 Å². The molecule has 0 unspecified atom stereocenters. The van der Waals surface area contributed by atoms with Crippen LogP contribution in [0.4, 0.5) is 0 Å². The van der Waals surface area contributed by atoms with Gasteiger partial charge < -0.3 is 0 Å². The lowest BCUT2D eigenvalue weighted by Crippen LogP contribution is -1.97. The van der Waals surface area contributed by atoms with Crippen LogP contribution >= 0.6 is 11.3 Å². The third-order valence-electron chi connectivity index (χ3n) is 11.1. The van der Waals surface area contributed by atoms with Crippen LogP contribution in [0.2, 0.25) is 0 Å². The Labute approximate surface area is 335 Å². The van der Waals surface area contributed by atoms with Crippen LogP contribution in [0.25, 0.3) is 109 Å². The molecule has 0 aliphatic rings. The fraction of sp³-hybridized carbons (Fsp3) is 0. The van der Waals surface area contributed by atoms with E-state index in [1.165, 1.54) is 47.3 Å². The number of hydrogen-bond acceptors (Lipinski definition) is 3. The summed E-state index contributed by atoms with van der Waals surface area (Å²) in [5.41, 5.74) is 11.8. The fourth-order valence-electron chi connectivity index (χ4n) is 8.29. The van der Waals surface area contributed by atoms with Gasteiger partial charge in [0, 0.05) is 36.9 Å². The van der Waals surface area contributed by atoms with Gasteiger partial charge in [0.25, 0.3) is 0 Å². The molecular weight excluding hydrogens is 709 g/mol. The number of rotatable bonds is 6. The average Bonchev–Trinajstić information content (AvgIpc) is 3.68. The molecule has 0 aliphatic carbocycles. The average molecular weight is 743 g/mol. The van der Waals surface area contributed by atoms with Crippen LogP contribution in [0.1, 0.15) is 0 Å². The highest BCUT2D eigenvalue weighted by molar-refractivity contribution is 7.26. The van der Waals surface area contributed by atoms with Crippen LogP contribution in [0.15, 0.2) is 206 Å². The van der Waals surface area contributed by atoms with Crippen LogP contribution in [-0.2, 0) is 0 Å². The molecule has 0 bridgehead atoms. The standard InChI is InChI=1S/C54H34N2S/c1-3-14-35(15-4-1)40-31-41(46-23-13-24-49-48-22-11-12-25-52(48)57-53(46)49)33-42(32-40)50-34-51(56-54(55-50)37-17-5-2-6-18-37)47-21-10-9-20-44(47)39-28-29-45-38(30-39)27-26-36-16-7-8-19-43(36)45/h1-34H. The number of hydrogen-bond donors (Lipinski definition) is 0. The number of benzene rings is 9. The van der Waals surface area contributed by atoms with E-state index in [2.05, 4.69) is 200 Å². The Kier molecular flexibility index (Phi) is 8.04. The van der Waals surface area contributed by atoms with E-state index < -0.39 is 0 Å². The third kappa shape index (κ3) is 5.97. The molecule has 0 saturated carbocycles. The van der Waals surface area contributed by atoms with Crippen molar-refractivity contribution in [1.82, 2.24) is 9.97 Å². The number of thiophene rings is 1. The minimum absolute atomic E-state index is 0.696. The largest absolute Gasteiger partial charge is 0.228 e. The normalized spacial score (nSPS) is 11.5. The summed E-state index contributed by atoms with van der Waals surface area (Å²) in [6.45, 7) is 0. The summed E-state index contributed by atoms with van der Waals surface area (Å²) in [5, 5.41) is 7.57. The predicted octanol–water partition coefficient (Wildman–Crippen LogP) is 15.2. The van der Waals surface area contributed by atoms with Gasteiger partial charge in [-0.25, -0.2) is 9.97 Å². The maximum Gasteiger partial charge on any atom is 0.160 e. The topological polar surface area (TPSA) is 25.8 Å². The van der Waals surface area contributed by atoms with Crippen LogP contribution in [0.3, 0.4) is 0 Å². The van der Waals surface area contributed by atoms with Crippen molar-refractivity contribution < 1.29 is 0 Å². The van der Waals surface area contributed by atoms with Gasteiger partial charge in [-0.2, -0.15) is 0 Å². The van der Waals surface area contributed by atoms with Crippen LogP contribution in [-0.4, -0.2) is 9.97 Å². The minimum atomic E-state index is 0.696. The highest BCUT2D eigenvalue weighted by Gasteiger charge is 2.18. The molecule has 0 amide bonds. The SMILES string of the molecule is c1ccc(-c2cc(-c3cc(-c4ccccc4-c4ccc5c(ccc6ccccc65)c4)nc(-c4ccccc4)n3)cc(-c3cccc4c3sc3ccccc34)c2)cc1. The molecule has 11 aromatic rings. The Hall–Kier alpha value is -7.20. The number of nitrogens with zero attached hydrogens (tertiary/aromatic N) is 2. The lowest BCUT2D eigenvalue weighted by Gasteiger charge is -2.15. The molecule has 11 rings (SSSR count). The second-order valence-corrected chi connectivity index (χ2v) is 15.6. The molecule has 0 fully saturated rings. The summed E-state index contributed by atoms with van der Waals surface area (Å²) >= 11 is 1.86. The Morgan fingerprint density at radius 2 is 0.912 bits per heavy atom. The first-order valence-corrected chi connectivity index (χ1v) is 20.1. The Balaban J connectivity index is 1.12. The molecule has 3 heteroatoms. The van der Waals surface area contributed by atoms with Gasteiger partial charge >= 0.3 is 0 Å². The van der Waals surface area contributed by atoms with Gasteiger partial charge in [0.15, 0.2) is 5.82 Å². The van der Waals surface area contributed by atoms with Crippen molar-refractivity contribution >= 4 is 53.1 Å². The lowest BCUT2D eigenvalue weighted by molar-refractivity contribution is 1.18. The van der Waals surface area contributed by atoms with Gasteiger partial charge in [-0.15, -0.1) is 11.3 Å². The van der Waals surface area contributed by atoms with Crippen molar-refractivity contribution in [3.8, 4) is 67.3 Å². The second-order valence-electron chi connectivity index (χ2n) is 14.5. The lowest BCUT2D eigenvalue weighted by atomic mass is 9.92. The molecule has 2 aromatic heterocycles. The van der Waals surface area contributed by atoms with Gasteiger partial charge in [-0.1, -0.05) is 170 Å². The van der Waals surface area contributed by atoms with Crippen LogP contribution in [0, 0.1) is 0 Å². The van der Waals surface area contributed by atoms with E-state index in [1.54, 1.807) is 0 Å². The van der Waals surface area contributed by atoms with Crippen molar-refractivity contribution in [2.75, 3.05) is 0 Å². The Bertz CT molecular complexity index is 3290. The predicted molar refractivity (Wildman–Crippen MR) is 243 cm³/mol. The van der Waals surface area contributed by atoms with E-state index >= 15 is 0 Å². The highest BCUT2D eigenvalue weighted by Crippen LogP contribution is 2.43. The van der Waals surface area contributed by atoms with Gasteiger partial charge in [-0.05, 0) is 91.3 Å². The van der Waals surface area contributed by atoms with Gasteiger partial charge in [0.2, 0.25) is 0 Å². The van der Waals surface area contributed by atoms with Gasteiger partial charge in [0.05, 0.1) is 11.4 Å². The molecule has 57 heavy (non-hydrogen) atoms. The third-order valence-corrected chi connectivity index (χ3v) is 12.3. The van der Waals surface area contributed by atoms with E-state index in [1.807, 2.05) is 17.4 Å². The molecule has 0 N–H and O–H groups in total. The Morgan fingerprint density at radius 1 is 0.298 bits per heavy atom. The zero-order chi connectivity index (χ0) is 37.7. The molecule has 2 heterocycles. The summed E-state index contributed by atoms with van der Waals surface area (Å²) < 4.78 is 2.59. The maximum absolute atomic E-state index is 5.33. The second kappa shape index (κ2) is 13.8. The summed E-state index contributed by atoms with van der Waals surface area (Å²) in [7, 11) is 0. The maximum atomic E-state index is 5.33. The molecule has 0 atom stereocenters. The highest BCUT2D eigenvalue weighted by atomic mass is 32.1. The Morgan fingerprint density at radius 3 is 1.77 bits per heavy atom. The monoisotopic (exact) mass is 742 g/mol. The minimum Gasteiger partial charge on any atom is -0.228 e. The van der Waals surface area contributed by atoms with E-state index in [4.69, 9.17) is 9.97 Å². The van der Waals surface area contributed by atoms with Crippen molar-refractivity contribution in [3.63, 3.8) is 0 Å². The molecule has 9 aromatic carbocycles. The molecule has 0 spiro atoms. The summed E-state index contributed by atoms with van der Waals surface area (Å²) in [6, 6.07) is 74.0. The first-order chi connectivity index (χ1) is 28.2. The quantitative estimate of drug-likeness (QED) is 0.159. The fourth-order valence-corrected chi connectivity index (χ4v) is 9.53. The molecule has 266 valence electrons. The number of fused-ring (bicyclic) bond motifs is 6. The smallest absolute Gasteiger partial charge is 0.160 e. The van der Waals surface area contributed by atoms with E-state index in [9.17, 15) is 0 Å². The van der Waals surface area contributed by atoms with Crippen molar-refractivity contribution in [3.05, 3.63) is 206 Å². The van der Waals surface area contributed by atoms with E-state index in [0.29, 0.717) is 5.82 Å². The molecular formula is C54H34N2S. The van der Waals surface area contributed by atoms with Gasteiger partial charge in [-0.3, -0.25) is 0 Å². The van der Waals surface area contributed by atoms with E-state index in [0.717, 1.165) is 55.9 Å². The zero-order valence-electron chi connectivity index (χ0n) is 30.9. The van der Waals surface area contributed by atoms with Crippen LogP contribution in [0.5, 0.6) is 0 Å². The molecule has 0 saturated heterocycles. The molecule has 0 aliphatic heterocycles. The van der Waals surface area contributed by atoms with Crippen molar-refractivity contribution in [2.24, 2.45) is 0 Å². The van der Waals surface area contributed by atoms with E-state index in [-0.39, 0.29) is 0 Å². The zero-order valence-corrected chi connectivity index (χ0v) is 31.7. The van der Waals surface area contributed by atoms with Crippen molar-refractivity contribution in [1.29, 1.82) is 0 Å². The van der Waals surface area contributed by atoms with Crippen molar-refractivity contribution in [2.45, 2.75) is 0 Å². The number of aromatic nitrogens is 2. The first-order valence-electron chi connectivity index (χ1n) is 19.3. The van der Waals surface area contributed by atoms with Crippen LogP contribution < -0.4 is 0 Å². The first kappa shape index (κ1) is 33.2. The summed E-state index contributed by atoms with van der Waals surface area (Å²) in [5.74, 6) is 0.696. The molecule has 0 radical (unpaired) electrons.